The van der Waals surface area contributed by atoms with Crippen molar-refractivity contribution >= 4 is 11.8 Å². The van der Waals surface area contributed by atoms with Gasteiger partial charge in [-0.1, -0.05) is 18.2 Å². The van der Waals surface area contributed by atoms with Crippen LogP contribution in [0.3, 0.4) is 0 Å². The average Bonchev–Trinajstić information content (AvgIpc) is 2.38. The van der Waals surface area contributed by atoms with Crippen LogP contribution in [0.4, 0.5) is 0 Å². The zero-order valence-electron chi connectivity index (χ0n) is 11.9. The number of hydrogen-bond donors (Lipinski definition) is 0. The zero-order valence-corrected chi connectivity index (χ0v) is 11.9. The molecule has 0 aliphatic carbocycles. The van der Waals surface area contributed by atoms with Crippen molar-refractivity contribution in [2.24, 2.45) is 0 Å². The number of benzene rings is 1. The lowest BCUT2D eigenvalue weighted by molar-refractivity contribution is -0.137. The number of Topliss-reactive ketones (excluding diaryl/α,β-unsaturated/α-hetero) is 1. The second-order valence-corrected chi connectivity index (χ2v) is 4.89. The molecule has 0 fully saturated rings. The van der Waals surface area contributed by atoms with Gasteiger partial charge in [0.15, 0.2) is 0 Å². The average molecular weight is 264 g/mol. The number of methoxy groups -OCH3 is 1. The van der Waals surface area contributed by atoms with Gasteiger partial charge in [0.25, 0.3) is 5.78 Å². The molecule has 1 aromatic carbocycles. The number of carbonyl (C=O) groups is 2. The first-order chi connectivity index (χ1) is 8.89. The van der Waals surface area contributed by atoms with Crippen LogP contribution in [0.1, 0.15) is 36.7 Å². The molecule has 0 heterocycles. The van der Waals surface area contributed by atoms with Crippen molar-refractivity contribution in [3.8, 4) is 0 Å². The molecule has 0 N–H and O–H groups in total. The molecule has 0 bridgehead atoms. The first-order valence-corrected chi connectivity index (χ1v) is 6.25. The summed E-state index contributed by atoms with van der Waals surface area (Å²) in [4.78, 5) is 23.2. The molecule has 0 unspecified atom stereocenters. The van der Waals surface area contributed by atoms with Crippen LogP contribution < -0.4 is 0 Å². The second kappa shape index (κ2) is 6.48. The molecule has 0 aliphatic rings. The molecule has 4 heteroatoms. The fourth-order valence-electron chi connectivity index (χ4n) is 1.70. The molecular formula is C15H20O4. The van der Waals surface area contributed by atoms with Crippen LogP contribution in [0, 0.1) is 0 Å². The highest BCUT2D eigenvalue weighted by molar-refractivity contribution is 6.40. The lowest BCUT2D eigenvalue weighted by Gasteiger charge is -2.23. The van der Waals surface area contributed by atoms with Gasteiger partial charge in [-0.3, -0.25) is 4.79 Å². The Kier molecular flexibility index (Phi) is 5.24. The summed E-state index contributed by atoms with van der Waals surface area (Å²) >= 11 is 0. The highest BCUT2D eigenvalue weighted by atomic mass is 16.5. The molecule has 19 heavy (non-hydrogen) atoms. The smallest absolute Gasteiger partial charge is 0.379 e. The van der Waals surface area contributed by atoms with Crippen LogP contribution in [0.25, 0.3) is 0 Å². The number of ether oxygens (including phenoxy) is 2. The Balaban J connectivity index is 2.88. The van der Waals surface area contributed by atoms with E-state index in [1.807, 2.05) is 19.9 Å². The number of carbonyl (C=O) groups excluding carboxylic acids is 2. The maximum Gasteiger partial charge on any atom is 0.379 e. The van der Waals surface area contributed by atoms with Crippen molar-refractivity contribution in [3.05, 3.63) is 35.4 Å². The van der Waals surface area contributed by atoms with E-state index in [1.54, 1.807) is 32.2 Å². The minimum atomic E-state index is -0.814. The van der Waals surface area contributed by atoms with E-state index in [0.717, 1.165) is 5.56 Å². The van der Waals surface area contributed by atoms with E-state index in [4.69, 9.17) is 9.47 Å². The first-order valence-electron chi connectivity index (χ1n) is 6.25. The van der Waals surface area contributed by atoms with E-state index >= 15 is 0 Å². The van der Waals surface area contributed by atoms with Crippen molar-refractivity contribution in [1.29, 1.82) is 0 Å². The maximum atomic E-state index is 11.8. The summed E-state index contributed by atoms with van der Waals surface area (Å²) < 4.78 is 10.1. The zero-order chi connectivity index (χ0) is 14.5. The van der Waals surface area contributed by atoms with E-state index < -0.39 is 11.8 Å². The molecule has 0 atom stereocenters. The molecule has 1 aromatic rings. The monoisotopic (exact) mass is 264 g/mol. The van der Waals surface area contributed by atoms with Gasteiger partial charge in [-0.05, 0) is 32.4 Å². The van der Waals surface area contributed by atoms with Crippen LogP contribution in [-0.4, -0.2) is 31.1 Å². The molecule has 104 valence electrons. The standard InChI is InChI=1S/C15H20O4/c1-5-19-14(17)13(16)12-8-6-7-11(9-12)10-15(2,3)18-4/h6-9H,5,10H2,1-4H3. The van der Waals surface area contributed by atoms with Gasteiger partial charge >= 0.3 is 5.97 Å². The molecular weight excluding hydrogens is 244 g/mol. The van der Waals surface area contributed by atoms with Gasteiger partial charge in [0, 0.05) is 19.1 Å². The lowest BCUT2D eigenvalue weighted by Crippen LogP contribution is -2.25. The third-order valence-electron chi connectivity index (χ3n) is 2.83. The molecule has 0 amide bonds. The Morgan fingerprint density at radius 3 is 2.53 bits per heavy atom. The normalized spacial score (nSPS) is 11.2. The van der Waals surface area contributed by atoms with Crippen LogP contribution >= 0.6 is 0 Å². The van der Waals surface area contributed by atoms with Gasteiger partial charge in [-0.25, -0.2) is 4.79 Å². The number of ketones is 1. The van der Waals surface area contributed by atoms with Crippen LogP contribution in [0.15, 0.2) is 24.3 Å². The third kappa shape index (κ3) is 4.48. The lowest BCUT2D eigenvalue weighted by atomic mass is 9.96. The van der Waals surface area contributed by atoms with E-state index in [0.29, 0.717) is 12.0 Å². The number of rotatable bonds is 6. The molecule has 4 nitrogen and oxygen atoms in total. The molecule has 1 rings (SSSR count). The summed E-state index contributed by atoms with van der Waals surface area (Å²) in [6.07, 6.45) is 0.660. The van der Waals surface area contributed by atoms with Crippen LogP contribution in [0.2, 0.25) is 0 Å². The van der Waals surface area contributed by atoms with Crippen molar-refractivity contribution in [2.75, 3.05) is 13.7 Å². The van der Waals surface area contributed by atoms with Gasteiger partial charge in [-0.2, -0.15) is 0 Å². The van der Waals surface area contributed by atoms with Gasteiger partial charge in [0.1, 0.15) is 0 Å². The Bertz CT molecular complexity index is 463. The number of esters is 1. The predicted molar refractivity (Wildman–Crippen MR) is 72.2 cm³/mol. The van der Waals surface area contributed by atoms with E-state index in [1.165, 1.54) is 0 Å². The fraction of sp³-hybridized carbons (Fsp3) is 0.467. The fourth-order valence-corrected chi connectivity index (χ4v) is 1.70. The van der Waals surface area contributed by atoms with Gasteiger partial charge in [0.05, 0.1) is 12.2 Å². The Labute approximate surface area is 113 Å². The predicted octanol–water partition coefficient (Wildman–Crippen LogP) is 2.40. The first kappa shape index (κ1) is 15.4. The van der Waals surface area contributed by atoms with Gasteiger partial charge < -0.3 is 9.47 Å². The molecule has 0 radical (unpaired) electrons. The summed E-state index contributed by atoms with van der Waals surface area (Å²) in [5.41, 5.74) is 0.982. The van der Waals surface area contributed by atoms with E-state index in [-0.39, 0.29) is 12.2 Å². The second-order valence-electron chi connectivity index (χ2n) is 4.89. The summed E-state index contributed by atoms with van der Waals surface area (Å²) in [6, 6.07) is 6.98. The number of hydrogen-bond acceptors (Lipinski definition) is 4. The largest absolute Gasteiger partial charge is 0.460 e. The van der Waals surface area contributed by atoms with E-state index in [9.17, 15) is 9.59 Å². The van der Waals surface area contributed by atoms with Crippen molar-refractivity contribution in [2.45, 2.75) is 32.8 Å². The van der Waals surface area contributed by atoms with Gasteiger partial charge in [-0.15, -0.1) is 0 Å². The summed E-state index contributed by atoms with van der Waals surface area (Å²) in [5.74, 6) is -1.43. The molecule has 0 saturated carbocycles. The molecule has 0 spiro atoms. The quantitative estimate of drug-likeness (QED) is 0.450. The Morgan fingerprint density at radius 2 is 1.95 bits per heavy atom. The molecule has 0 aromatic heterocycles. The molecule has 0 saturated heterocycles. The van der Waals surface area contributed by atoms with Crippen LogP contribution in [0.5, 0.6) is 0 Å². The van der Waals surface area contributed by atoms with Crippen LogP contribution in [-0.2, 0) is 20.7 Å². The van der Waals surface area contributed by atoms with Crippen molar-refractivity contribution < 1.29 is 19.1 Å². The minimum absolute atomic E-state index is 0.195. The van der Waals surface area contributed by atoms with E-state index in [2.05, 4.69) is 0 Å². The van der Waals surface area contributed by atoms with Crippen molar-refractivity contribution in [1.82, 2.24) is 0 Å². The minimum Gasteiger partial charge on any atom is -0.460 e. The highest BCUT2D eigenvalue weighted by Crippen LogP contribution is 2.17. The van der Waals surface area contributed by atoms with Crippen molar-refractivity contribution in [3.63, 3.8) is 0 Å². The summed E-state index contributed by atoms with van der Waals surface area (Å²) in [5, 5.41) is 0. The summed E-state index contributed by atoms with van der Waals surface area (Å²) in [7, 11) is 1.65. The third-order valence-corrected chi connectivity index (χ3v) is 2.83. The molecule has 0 aliphatic heterocycles. The highest BCUT2D eigenvalue weighted by Gasteiger charge is 2.20. The summed E-state index contributed by atoms with van der Waals surface area (Å²) in [6.45, 7) is 5.80. The van der Waals surface area contributed by atoms with Gasteiger partial charge in [0.2, 0.25) is 0 Å². The Hall–Kier alpha value is -1.68. The Morgan fingerprint density at radius 1 is 1.26 bits per heavy atom. The maximum absolute atomic E-state index is 11.8. The topological polar surface area (TPSA) is 52.6 Å². The SMILES string of the molecule is CCOC(=O)C(=O)c1cccc(CC(C)(C)OC)c1.